The highest BCUT2D eigenvalue weighted by Crippen LogP contribution is 2.54. The summed E-state index contributed by atoms with van der Waals surface area (Å²) in [7, 11) is 4.49. The highest BCUT2D eigenvalue weighted by atomic mass is 15.2. The first-order chi connectivity index (χ1) is 16.1. The van der Waals surface area contributed by atoms with Crippen molar-refractivity contribution < 1.29 is 0 Å². The summed E-state index contributed by atoms with van der Waals surface area (Å²) in [5, 5.41) is 0. The predicted molar refractivity (Wildman–Crippen MR) is 139 cm³/mol. The van der Waals surface area contributed by atoms with Gasteiger partial charge in [0.05, 0.1) is 0 Å². The summed E-state index contributed by atoms with van der Waals surface area (Å²) in [6, 6.07) is 16.3. The Labute approximate surface area is 199 Å². The van der Waals surface area contributed by atoms with Gasteiger partial charge >= 0.3 is 0 Å². The molecule has 0 spiro atoms. The van der Waals surface area contributed by atoms with Gasteiger partial charge in [0.2, 0.25) is 0 Å². The molecule has 172 valence electrons. The third-order valence-corrected chi connectivity index (χ3v) is 8.51. The average molecular weight is 440 g/mol. The fourth-order valence-electron chi connectivity index (χ4n) is 6.65. The molecule has 3 heteroatoms. The first kappa shape index (κ1) is 21.2. The van der Waals surface area contributed by atoms with Crippen LogP contribution in [0.25, 0.3) is 0 Å². The molecule has 4 heterocycles. The van der Waals surface area contributed by atoms with Crippen LogP contribution in [0.2, 0.25) is 0 Å². The normalized spacial score (nSPS) is 22.3. The van der Waals surface area contributed by atoms with Crippen molar-refractivity contribution in [1.29, 1.82) is 0 Å². The lowest BCUT2D eigenvalue weighted by atomic mass is 9.70. The summed E-state index contributed by atoms with van der Waals surface area (Å²) in [4.78, 5) is 7.59. The smallest absolute Gasteiger partial charge is 0.0482 e. The summed E-state index contributed by atoms with van der Waals surface area (Å²) < 4.78 is 0. The number of anilines is 2. The van der Waals surface area contributed by atoms with E-state index in [-0.39, 0.29) is 5.41 Å². The SMILES string of the molecule is CN1CC=C(CC2(CC3=CCN(C)CC3)CN3c4ccccc4CCc4cccc2c43)CC1. The number of fused-ring (bicyclic) bond motifs is 2. The van der Waals surface area contributed by atoms with Crippen LogP contribution in [-0.2, 0) is 18.3 Å². The van der Waals surface area contributed by atoms with Gasteiger partial charge in [-0.2, -0.15) is 0 Å². The molecule has 2 aromatic carbocycles. The van der Waals surface area contributed by atoms with E-state index in [4.69, 9.17) is 0 Å². The molecule has 0 saturated heterocycles. The Kier molecular flexibility index (Phi) is 5.43. The fraction of sp³-hybridized carbons (Fsp3) is 0.467. The molecule has 0 aliphatic carbocycles. The van der Waals surface area contributed by atoms with E-state index in [0.717, 1.165) is 32.5 Å². The molecule has 2 aromatic rings. The number of para-hydroxylation sites is 2. The topological polar surface area (TPSA) is 9.72 Å². The molecule has 6 rings (SSSR count). The Morgan fingerprint density at radius 2 is 1.36 bits per heavy atom. The van der Waals surface area contributed by atoms with Gasteiger partial charge in [0.25, 0.3) is 0 Å². The van der Waals surface area contributed by atoms with Crippen molar-refractivity contribution in [2.24, 2.45) is 0 Å². The minimum Gasteiger partial charge on any atom is -0.340 e. The summed E-state index contributed by atoms with van der Waals surface area (Å²) in [5.41, 5.74) is 11.1. The number of aryl methyl sites for hydroxylation is 2. The molecule has 0 bridgehead atoms. The van der Waals surface area contributed by atoms with Crippen LogP contribution in [-0.4, -0.2) is 56.6 Å². The van der Waals surface area contributed by atoms with Crippen LogP contribution in [0.1, 0.15) is 42.4 Å². The lowest BCUT2D eigenvalue weighted by Crippen LogP contribution is -2.36. The van der Waals surface area contributed by atoms with Crippen LogP contribution in [0.15, 0.2) is 65.8 Å². The quantitative estimate of drug-likeness (QED) is 0.584. The molecular weight excluding hydrogens is 402 g/mol. The second kappa shape index (κ2) is 8.45. The van der Waals surface area contributed by atoms with Gasteiger partial charge in [0, 0.05) is 49.5 Å². The van der Waals surface area contributed by atoms with Crippen LogP contribution in [0.4, 0.5) is 11.4 Å². The Bertz CT molecular complexity index is 1080. The van der Waals surface area contributed by atoms with E-state index in [1.165, 1.54) is 55.7 Å². The first-order valence-electron chi connectivity index (χ1n) is 12.8. The van der Waals surface area contributed by atoms with Crippen molar-refractivity contribution in [3.05, 3.63) is 82.5 Å². The monoisotopic (exact) mass is 439 g/mol. The van der Waals surface area contributed by atoms with Gasteiger partial charge in [-0.3, -0.25) is 0 Å². The second-order valence-electron chi connectivity index (χ2n) is 10.9. The zero-order valence-electron chi connectivity index (χ0n) is 20.3. The third-order valence-electron chi connectivity index (χ3n) is 8.51. The molecule has 4 aliphatic heterocycles. The molecule has 0 radical (unpaired) electrons. The summed E-state index contributed by atoms with van der Waals surface area (Å²) in [5.74, 6) is 0. The van der Waals surface area contributed by atoms with Crippen molar-refractivity contribution in [3.63, 3.8) is 0 Å². The van der Waals surface area contributed by atoms with Crippen molar-refractivity contribution in [2.45, 2.75) is 43.9 Å². The zero-order chi connectivity index (χ0) is 22.4. The van der Waals surface area contributed by atoms with Crippen molar-refractivity contribution >= 4 is 11.4 Å². The number of likely N-dealkylation sites (N-methyl/N-ethyl adjacent to an activating group) is 2. The largest absolute Gasteiger partial charge is 0.340 e. The first-order valence-corrected chi connectivity index (χ1v) is 12.8. The Morgan fingerprint density at radius 3 is 2.03 bits per heavy atom. The maximum Gasteiger partial charge on any atom is 0.0482 e. The molecule has 0 saturated carbocycles. The lowest BCUT2D eigenvalue weighted by Gasteiger charge is -2.36. The number of benzene rings is 2. The van der Waals surface area contributed by atoms with Crippen molar-refractivity contribution in [2.75, 3.05) is 51.7 Å². The minimum atomic E-state index is 0.166. The highest BCUT2D eigenvalue weighted by molar-refractivity contribution is 5.79. The van der Waals surface area contributed by atoms with E-state index >= 15 is 0 Å². The summed E-state index contributed by atoms with van der Waals surface area (Å²) >= 11 is 0. The number of hydrogen-bond donors (Lipinski definition) is 0. The number of hydrogen-bond acceptors (Lipinski definition) is 3. The van der Waals surface area contributed by atoms with Gasteiger partial charge in [-0.15, -0.1) is 0 Å². The molecule has 3 nitrogen and oxygen atoms in total. The number of nitrogens with zero attached hydrogens (tertiary/aromatic N) is 3. The molecule has 0 amide bonds. The zero-order valence-corrected chi connectivity index (χ0v) is 20.3. The average Bonchev–Trinajstić information content (AvgIpc) is 3.06. The van der Waals surface area contributed by atoms with Gasteiger partial charge in [-0.1, -0.05) is 59.7 Å². The third kappa shape index (κ3) is 3.86. The van der Waals surface area contributed by atoms with Crippen molar-refractivity contribution in [1.82, 2.24) is 9.80 Å². The van der Waals surface area contributed by atoms with E-state index in [9.17, 15) is 0 Å². The molecule has 4 aliphatic rings. The molecule has 0 aromatic heterocycles. The summed E-state index contributed by atoms with van der Waals surface area (Å²) in [6.07, 6.45) is 12.2. The number of rotatable bonds is 4. The van der Waals surface area contributed by atoms with E-state index in [1.54, 1.807) is 22.3 Å². The molecule has 0 N–H and O–H groups in total. The Morgan fingerprint density at radius 1 is 0.727 bits per heavy atom. The van der Waals surface area contributed by atoms with Crippen LogP contribution >= 0.6 is 0 Å². The van der Waals surface area contributed by atoms with Gasteiger partial charge in [-0.25, -0.2) is 0 Å². The maximum absolute atomic E-state index is 2.71. The molecule has 0 fully saturated rings. The van der Waals surface area contributed by atoms with E-state index in [0.29, 0.717) is 0 Å². The predicted octanol–water partition coefficient (Wildman–Crippen LogP) is 5.48. The Hall–Kier alpha value is -2.36. The Balaban J connectivity index is 1.46. The maximum atomic E-state index is 2.71. The van der Waals surface area contributed by atoms with Crippen LogP contribution < -0.4 is 4.90 Å². The fourth-order valence-corrected chi connectivity index (χ4v) is 6.65. The van der Waals surface area contributed by atoms with Crippen LogP contribution in [0, 0.1) is 0 Å². The van der Waals surface area contributed by atoms with E-state index in [2.05, 4.69) is 83.4 Å². The second-order valence-corrected chi connectivity index (χ2v) is 10.9. The van der Waals surface area contributed by atoms with Gasteiger partial charge in [-0.05, 0) is 75.4 Å². The van der Waals surface area contributed by atoms with Gasteiger partial charge in [0.15, 0.2) is 0 Å². The standard InChI is InChI=1S/C30H37N3/c1-31-16-12-23(13-17-31)20-30(21-24-14-18-32(2)19-15-24)22-33-28-9-4-3-6-25(28)10-11-26-7-5-8-27(30)29(26)33/h3-9,12,14H,10-11,13,15-22H2,1-2H3. The molecule has 33 heavy (non-hydrogen) atoms. The highest BCUT2D eigenvalue weighted by Gasteiger charge is 2.46. The molecule has 0 atom stereocenters. The van der Waals surface area contributed by atoms with Crippen molar-refractivity contribution in [3.8, 4) is 0 Å². The molecule has 0 unspecified atom stereocenters. The van der Waals surface area contributed by atoms with Crippen LogP contribution in [0.5, 0.6) is 0 Å². The van der Waals surface area contributed by atoms with Gasteiger partial charge in [0.1, 0.15) is 0 Å². The lowest BCUT2D eigenvalue weighted by molar-refractivity contribution is 0.333. The summed E-state index contributed by atoms with van der Waals surface area (Å²) in [6.45, 7) is 5.68. The van der Waals surface area contributed by atoms with Gasteiger partial charge < -0.3 is 14.7 Å². The minimum absolute atomic E-state index is 0.166. The molecular formula is C30H37N3. The van der Waals surface area contributed by atoms with Crippen LogP contribution in [0.3, 0.4) is 0 Å². The van der Waals surface area contributed by atoms with E-state index < -0.39 is 0 Å². The van der Waals surface area contributed by atoms with E-state index in [1.807, 2.05) is 0 Å².